The first-order valence-corrected chi connectivity index (χ1v) is 8.40. The van der Waals surface area contributed by atoms with Crippen LogP contribution in [0.2, 0.25) is 0 Å². The number of fused-ring (bicyclic) bond motifs is 1. The summed E-state index contributed by atoms with van der Waals surface area (Å²) >= 11 is 0. The van der Waals surface area contributed by atoms with E-state index in [9.17, 15) is 0 Å². The first-order chi connectivity index (χ1) is 10.4. The van der Waals surface area contributed by atoms with E-state index in [1.54, 1.807) is 0 Å². The summed E-state index contributed by atoms with van der Waals surface area (Å²) in [6.07, 6.45) is 11.8. The Morgan fingerprint density at radius 2 is 2.29 bits per heavy atom. The van der Waals surface area contributed by atoms with E-state index in [1.165, 1.54) is 43.4 Å². The Morgan fingerprint density at radius 1 is 1.33 bits per heavy atom. The van der Waals surface area contributed by atoms with Gasteiger partial charge in [-0.25, -0.2) is 0 Å². The fourth-order valence-corrected chi connectivity index (χ4v) is 3.84. The highest BCUT2D eigenvalue weighted by Gasteiger charge is 2.29. The maximum absolute atomic E-state index is 5.86. The summed E-state index contributed by atoms with van der Waals surface area (Å²) in [5.41, 5.74) is 5.72. The van der Waals surface area contributed by atoms with Crippen LogP contribution in [0.25, 0.3) is 0 Å². The first-order valence-electron chi connectivity index (χ1n) is 8.40. The van der Waals surface area contributed by atoms with Crippen LogP contribution in [-0.4, -0.2) is 23.7 Å². The summed E-state index contributed by atoms with van der Waals surface area (Å²) in [6, 6.07) is 4.57. The lowest BCUT2D eigenvalue weighted by molar-refractivity contribution is 0.00797. The SMILES string of the molecule is NNC(CCC1CCCCO1)C1CCCc2cccnc21. The molecule has 21 heavy (non-hydrogen) atoms. The third-order valence-corrected chi connectivity index (χ3v) is 5.01. The molecule has 2 heterocycles. The topological polar surface area (TPSA) is 60.2 Å². The van der Waals surface area contributed by atoms with Gasteiger partial charge in [-0.05, 0) is 63.0 Å². The van der Waals surface area contributed by atoms with Gasteiger partial charge in [0.05, 0.1) is 6.10 Å². The van der Waals surface area contributed by atoms with Crippen molar-refractivity contribution in [3.8, 4) is 0 Å². The highest BCUT2D eigenvalue weighted by atomic mass is 16.5. The number of hydrogen-bond donors (Lipinski definition) is 2. The molecule has 0 spiro atoms. The molecule has 1 saturated heterocycles. The second-order valence-corrected chi connectivity index (χ2v) is 6.39. The molecule has 0 radical (unpaired) electrons. The molecule has 0 amide bonds. The van der Waals surface area contributed by atoms with Crippen LogP contribution in [0.15, 0.2) is 18.3 Å². The summed E-state index contributed by atoms with van der Waals surface area (Å²) in [7, 11) is 0. The monoisotopic (exact) mass is 289 g/mol. The molecule has 3 unspecified atom stereocenters. The Labute approximate surface area is 127 Å². The van der Waals surface area contributed by atoms with Gasteiger partial charge in [-0.15, -0.1) is 0 Å². The average molecular weight is 289 g/mol. The van der Waals surface area contributed by atoms with E-state index < -0.39 is 0 Å². The van der Waals surface area contributed by atoms with E-state index in [0.29, 0.717) is 18.1 Å². The number of aromatic nitrogens is 1. The standard InChI is InChI=1S/C17H27N3O/c18-20-16(10-9-14-7-1-2-12-21-14)15-8-3-5-13-6-4-11-19-17(13)15/h4,6,11,14-16,20H,1-3,5,7-10,12,18H2. The molecule has 2 aliphatic rings. The Hall–Kier alpha value is -0.970. The van der Waals surface area contributed by atoms with Crippen molar-refractivity contribution in [1.29, 1.82) is 0 Å². The minimum atomic E-state index is 0.310. The van der Waals surface area contributed by atoms with E-state index in [4.69, 9.17) is 10.6 Å². The molecule has 1 aliphatic heterocycles. The van der Waals surface area contributed by atoms with Gasteiger partial charge >= 0.3 is 0 Å². The number of hydrazine groups is 1. The fourth-order valence-electron chi connectivity index (χ4n) is 3.84. The van der Waals surface area contributed by atoms with Crippen molar-refractivity contribution < 1.29 is 4.74 Å². The molecule has 116 valence electrons. The highest BCUT2D eigenvalue weighted by Crippen LogP contribution is 2.34. The summed E-state index contributed by atoms with van der Waals surface area (Å²) in [5, 5.41) is 0. The third kappa shape index (κ3) is 3.62. The van der Waals surface area contributed by atoms with Gasteiger partial charge in [-0.3, -0.25) is 16.3 Å². The maximum Gasteiger partial charge on any atom is 0.0575 e. The molecule has 3 atom stereocenters. The number of aryl methyl sites for hydroxylation is 1. The molecule has 1 aromatic heterocycles. The number of nitrogens with zero attached hydrogens (tertiary/aromatic N) is 1. The van der Waals surface area contributed by atoms with Crippen molar-refractivity contribution >= 4 is 0 Å². The van der Waals surface area contributed by atoms with Crippen LogP contribution in [0.4, 0.5) is 0 Å². The maximum atomic E-state index is 5.86. The van der Waals surface area contributed by atoms with Gasteiger partial charge < -0.3 is 4.74 Å². The minimum Gasteiger partial charge on any atom is -0.378 e. The Bertz CT molecular complexity index is 445. The molecule has 3 N–H and O–H groups in total. The van der Waals surface area contributed by atoms with E-state index in [-0.39, 0.29) is 0 Å². The third-order valence-electron chi connectivity index (χ3n) is 5.01. The molecule has 3 rings (SSSR count). The van der Waals surface area contributed by atoms with Gasteiger partial charge in [0.25, 0.3) is 0 Å². The van der Waals surface area contributed by atoms with E-state index in [0.717, 1.165) is 25.9 Å². The fraction of sp³-hybridized carbons (Fsp3) is 0.706. The van der Waals surface area contributed by atoms with Crippen molar-refractivity contribution in [3.05, 3.63) is 29.6 Å². The van der Waals surface area contributed by atoms with E-state index >= 15 is 0 Å². The number of nitrogens with two attached hydrogens (primary N) is 1. The second-order valence-electron chi connectivity index (χ2n) is 6.39. The second kappa shape index (κ2) is 7.34. The van der Waals surface area contributed by atoms with Gasteiger partial charge in [-0.1, -0.05) is 6.07 Å². The van der Waals surface area contributed by atoms with Gasteiger partial charge in [0.2, 0.25) is 0 Å². The van der Waals surface area contributed by atoms with Crippen molar-refractivity contribution in [2.24, 2.45) is 5.84 Å². The number of nitrogens with one attached hydrogen (secondary N) is 1. The van der Waals surface area contributed by atoms with Crippen molar-refractivity contribution in [2.75, 3.05) is 6.61 Å². The zero-order chi connectivity index (χ0) is 14.5. The van der Waals surface area contributed by atoms with Crippen LogP contribution >= 0.6 is 0 Å². The molecule has 1 fully saturated rings. The summed E-state index contributed by atoms with van der Waals surface area (Å²) in [4.78, 5) is 4.64. The molecule has 4 nitrogen and oxygen atoms in total. The molecular weight excluding hydrogens is 262 g/mol. The van der Waals surface area contributed by atoms with E-state index in [2.05, 4.69) is 16.5 Å². The lowest BCUT2D eigenvalue weighted by Crippen LogP contribution is -2.42. The Kier molecular flexibility index (Phi) is 5.22. The molecule has 0 saturated carbocycles. The smallest absolute Gasteiger partial charge is 0.0575 e. The Balaban J connectivity index is 1.63. The zero-order valence-corrected chi connectivity index (χ0v) is 12.8. The Morgan fingerprint density at radius 3 is 3.10 bits per heavy atom. The van der Waals surface area contributed by atoms with Gasteiger partial charge in [-0.2, -0.15) is 0 Å². The van der Waals surface area contributed by atoms with Gasteiger partial charge in [0.15, 0.2) is 0 Å². The molecule has 0 bridgehead atoms. The lowest BCUT2D eigenvalue weighted by atomic mass is 9.80. The summed E-state index contributed by atoms with van der Waals surface area (Å²) < 4.78 is 5.85. The first kappa shape index (κ1) is 14.9. The summed E-state index contributed by atoms with van der Waals surface area (Å²) in [5.74, 6) is 6.31. The molecule has 1 aliphatic carbocycles. The summed E-state index contributed by atoms with van der Waals surface area (Å²) in [6.45, 7) is 0.930. The molecule has 0 aromatic carbocycles. The van der Waals surface area contributed by atoms with Crippen LogP contribution in [0.1, 0.15) is 62.1 Å². The number of hydrogen-bond acceptors (Lipinski definition) is 4. The van der Waals surface area contributed by atoms with Crippen molar-refractivity contribution in [2.45, 2.75) is 69.4 Å². The molecule has 4 heteroatoms. The predicted molar refractivity (Wildman–Crippen MR) is 83.9 cm³/mol. The number of ether oxygens (including phenoxy) is 1. The quantitative estimate of drug-likeness (QED) is 0.646. The van der Waals surface area contributed by atoms with Crippen molar-refractivity contribution in [1.82, 2.24) is 10.4 Å². The van der Waals surface area contributed by atoms with Crippen LogP contribution in [0.3, 0.4) is 0 Å². The van der Waals surface area contributed by atoms with Gasteiger partial charge in [0, 0.05) is 30.5 Å². The van der Waals surface area contributed by atoms with E-state index in [1.807, 2.05) is 12.3 Å². The number of pyridine rings is 1. The zero-order valence-electron chi connectivity index (χ0n) is 12.8. The normalized spacial score (nSPS) is 27.1. The average Bonchev–Trinajstić information content (AvgIpc) is 2.56. The lowest BCUT2D eigenvalue weighted by Gasteiger charge is -2.32. The number of rotatable bonds is 5. The largest absolute Gasteiger partial charge is 0.378 e. The van der Waals surface area contributed by atoms with Gasteiger partial charge in [0.1, 0.15) is 0 Å². The minimum absolute atomic E-state index is 0.310. The van der Waals surface area contributed by atoms with Crippen molar-refractivity contribution in [3.63, 3.8) is 0 Å². The molecular formula is C17H27N3O. The van der Waals surface area contributed by atoms with Crippen LogP contribution in [-0.2, 0) is 11.2 Å². The highest BCUT2D eigenvalue weighted by molar-refractivity contribution is 5.27. The molecule has 1 aromatic rings. The predicted octanol–water partition coefficient (Wildman–Crippen LogP) is 2.68. The van der Waals surface area contributed by atoms with Crippen LogP contribution in [0, 0.1) is 0 Å². The van der Waals surface area contributed by atoms with Crippen LogP contribution < -0.4 is 11.3 Å². The van der Waals surface area contributed by atoms with Crippen LogP contribution in [0.5, 0.6) is 0 Å².